The Bertz CT molecular complexity index is 409. The number of halogens is 2. The van der Waals surface area contributed by atoms with Crippen molar-refractivity contribution in [1.82, 2.24) is 5.32 Å². The van der Waals surface area contributed by atoms with Crippen LogP contribution in [0, 0.1) is 11.6 Å². The minimum Gasteiger partial charge on any atom is -0.368 e. The summed E-state index contributed by atoms with van der Waals surface area (Å²) in [5, 5.41) is 2.91. The number of amides is 1. The number of nitrogens with two attached hydrogens (primary N) is 1. The number of primary amides is 1. The van der Waals surface area contributed by atoms with Crippen LogP contribution in [0.4, 0.5) is 8.78 Å². The van der Waals surface area contributed by atoms with E-state index in [2.05, 4.69) is 5.32 Å². The second kappa shape index (κ2) is 5.72. The topological polar surface area (TPSA) is 55.1 Å². The van der Waals surface area contributed by atoms with Gasteiger partial charge in [0.1, 0.15) is 11.6 Å². The summed E-state index contributed by atoms with van der Waals surface area (Å²) in [6, 6.07) is 2.43. The van der Waals surface area contributed by atoms with Crippen molar-refractivity contribution in [2.75, 3.05) is 0 Å². The second-order valence-corrected chi connectivity index (χ2v) is 3.92. The molecule has 1 aromatic rings. The summed E-state index contributed by atoms with van der Waals surface area (Å²) in [4.78, 5) is 11.0. The zero-order chi connectivity index (χ0) is 13.0. The molecule has 0 bridgehead atoms. The smallest absolute Gasteiger partial charge is 0.234 e. The highest BCUT2D eigenvalue weighted by Crippen LogP contribution is 2.18. The van der Waals surface area contributed by atoms with Crippen molar-refractivity contribution in [3.8, 4) is 0 Å². The van der Waals surface area contributed by atoms with Gasteiger partial charge in [-0.1, -0.05) is 13.0 Å². The van der Waals surface area contributed by atoms with E-state index in [-0.39, 0.29) is 0 Å². The van der Waals surface area contributed by atoms with Crippen LogP contribution in [0.2, 0.25) is 0 Å². The fourth-order valence-electron chi connectivity index (χ4n) is 1.65. The van der Waals surface area contributed by atoms with Gasteiger partial charge in [-0.2, -0.15) is 0 Å². The molecular formula is C12H16F2N2O. The van der Waals surface area contributed by atoms with Crippen molar-refractivity contribution in [2.24, 2.45) is 5.73 Å². The highest BCUT2D eigenvalue weighted by molar-refractivity contribution is 5.79. The molecule has 0 aromatic heterocycles. The van der Waals surface area contributed by atoms with Crippen molar-refractivity contribution >= 4 is 5.91 Å². The molecule has 0 saturated carbocycles. The Balaban J connectivity index is 2.82. The lowest BCUT2D eigenvalue weighted by Crippen LogP contribution is -2.42. The number of nitrogens with one attached hydrogen (secondary N) is 1. The maximum Gasteiger partial charge on any atom is 0.234 e. The zero-order valence-electron chi connectivity index (χ0n) is 9.84. The average Bonchev–Trinajstić information content (AvgIpc) is 2.24. The van der Waals surface area contributed by atoms with Gasteiger partial charge in [-0.3, -0.25) is 10.1 Å². The van der Waals surface area contributed by atoms with Crippen LogP contribution in [0.5, 0.6) is 0 Å². The molecule has 0 spiro atoms. The average molecular weight is 242 g/mol. The van der Waals surface area contributed by atoms with Gasteiger partial charge in [0.15, 0.2) is 0 Å². The molecule has 0 heterocycles. The molecule has 0 unspecified atom stereocenters. The third-order valence-electron chi connectivity index (χ3n) is 2.63. The lowest BCUT2D eigenvalue weighted by Gasteiger charge is -2.20. The minimum atomic E-state index is -0.635. The fraction of sp³-hybridized carbons (Fsp3) is 0.417. The first-order valence-electron chi connectivity index (χ1n) is 5.46. The van der Waals surface area contributed by atoms with Crippen LogP contribution in [0.15, 0.2) is 18.2 Å². The summed E-state index contributed by atoms with van der Waals surface area (Å²) in [7, 11) is 0. The Morgan fingerprint density at radius 2 is 2.12 bits per heavy atom. The molecule has 94 valence electrons. The SMILES string of the molecule is CC[C@@H](N[C@H](C)c1ccc(F)cc1F)C(N)=O. The lowest BCUT2D eigenvalue weighted by atomic mass is 10.1. The fourth-order valence-corrected chi connectivity index (χ4v) is 1.65. The molecule has 1 amide bonds. The minimum absolute atomic E-state index is 0.311. The van der Waals surface area contributed by atoms with Gasteiger partial charge in [0.25, 0.3) is 0 Å². The molecule has 1 rings (SSSR count). The van der Waals surface area contributed by atoms with E-state index in [1.807, 2.05) is 0 Å². The quantitative estimate of drug-likeness (QED) is 0.828. The van der Waals surface area contributed by atoms with E-state index in [0.29, 0.717) is 12.0 Å². The third-order valence-corrected chi connectivity index (χ3v) is 2.63. The number of hydrogen-bond acceptors (Lipinski definition) is 2. The van der Waals surface area contributed by atoms with E-state index in [1.54, 1.807) is 13.8 Å². The normalized spacial score (nSPS) is 14.4. The predicted molar refractivity (Wildman–Crippen MR) is 61.2 cm³/mol. The predicted octanol–water partition coefficient (Wildman–Crippen LogP) is 1.88. The van der Waals surface area contributed by atoms with E-state index in [1.165, 1.54) is 12.1 Å². The number of carbonyl (C=O) groups is 1. The highest BCUT2D eigenvalue weighted by atomic mass is 19.1. The zero-order valence-corrected chi connectivity index (χ0v) is 9.84. The Morgan fingerprint density at radius 3 is 2.59 bits per heavy atom. The molecule has 0 aliphatic heterocycles. The summed E-state index contributed by atoms with van der Waals surface area (Å²) in [5.74, 6) is -1.74. The van der Waals surface area contributed by atoms with Crippen LogP contribution in [0.1, 0.15) is 31.9 Å². The molecule has 2 atom stereocenters. The molecule has 0 saturated heterocycles. The van der Waals surface area contributed by atoms with Crippen LogP contribution < -0.4 is 11.1 Å². The molecule has 3 nitrogen and oxygen atoms in total. The second-order valence-electron chi connectivity index (χ2n) is 3.92. The molecule has 5 heteroatoms. The summed E-state index contributed by atoms with van der Waals surface area (Å²) < 4.78 is 26.2. The number of benzene rings is 1. The Labute approximate surface area is 99.0 Å². The Kier molecular flexibility index (Phi) is 4.57. The first-order chi connectivity index (χ1) is 7.95. The number of carbonyl (C=O) groups excluding carboxylic acids is 1. The van der Waals surface area contributed by atoms with Crippen LogP contribution in [0.3, 0.4) is 0 Å². The lowest BCUT2D eigenvalue weighted by molar-refractivity contribution is -0.120. The van der Waals surface area contributed by atoms with Crippen LogP contribution in [-0.2, 0) is 4.79 Å². The first-order valence-corrected chi connectivity index (χ1v) is 5.46. The van der Waals surface area contributed by atoms with Gasteiger partial charge in [0.2, 0.25) is 5.91 Å². The molecule has 0 aliphatic carbocycles. The first kappa shape index (κ1) is 13.6. The molecule has 0 radical (unpaired) electrons. The van der Waals surface area contributed by atoms with E-state index in [9.17, 15) is 13.6 Å². The van der Waals surface area contributed by atoms with Crippen molar-refractivity contribution in [1.29, 1.82) is 0 Å². The van der Waals surface area contributed by atoms with Gasteiger partial charge < -0.3 is 5.73 Å². The summed E-state index contributed by atoms with van der Waals surface area (Å²) in [6.45, 7) is 3.50. The standard InChI is InChI=1S/C12H16F2N2O/c1-3-11(12(15)17)16-7(2)9-5-4-8(13)6-10(9)14/h4-7,11,16H,3H2,1-2H3,(H2,15,17)/t7-,11-/m1/s1. The highest BCUT2D eigenvalue weighted by Gasteiger charge is 2.18. The van der Waals surface area contributed by atoms with Crippen LogP contribution in [0.25, 0.3) is 0 Å². The molecule has 1 aromatic carbocycles. The largest absolute Gasteiger partial charge is 0.368 e. The van der Waals surface area contributed by atoms with Gasteiger partial charge >= 0.3 is 0 Å². The van der Waals surface area contributed by atoms with E-state index >= 15 is 0 Å². The van der Waals surface area contributed by atoms with Crippen molar-refractivity contribution < 1.29 is 13.6 Å². The summed E-state index contributed by atoms with van der Waals surface area (Å²) in [6.07, 6.45) is 0.516. The van der Waals surface area contributed by atoms with E-state index in [0.717, 1.165) is 6.07 Å². The maximum atomic E-state index is 13.5. The molecule has 0 fully saturated rings. The summed E-state index contributed by atoms with van der Waals surface area (Å²) in [5.41, 5.74) is 5.49. The van der Waals surface area contributed by atoms with Crippen molar-refractivity contribution in [3.05, 3.63) is 35.4 Å². The molecule has 0 aliphatic rings. The third kappa shape index (κ3) is 3.49. The van der Waals surface area contributed by atoms with Gasteiger partial charge in [-0.15, -0.1) is 0 Å². The number of hydrogen-bond donors (Lipinski definition) is 2. The van der Waals surface area contributed by atoms with Crippen LogP contribution >= 0.6 is 0 Å². The van der Waals surface area contributed by atoms with Gasteiger partial charge in [-0.25, -0.2) is 8.78 Å². The van der Waals surface area contributed by atoms with Crippen LogP contribution in [-0.4, -0.2) is 11.9 Å². The Morgan fingerprint density at radius 1 is 1.47 bits per heavy atom. The van der Waals surface area contributed by atoms with Gasteiger partial charge in [0, 0.05) is 17.7 Å². The molecule has 17 heavy (non-hydrogen) atoms. The Hall–Kier alpha value is -1.49. The van der Waals surface area contributed by atoms with E-state index < -0.39 is 29.6 Å². The maximum absolute atomic E-state index is 13.5. The van der Waals surface area contributed by atoms with Gasteiger partial charge in [0.05, 0.1) is 6.04 Å². The van der Waals surface area contributed by atoms with E-state index in [4.69, 9.17) is 5.73 Å². The van der Waals surface area contributed by atoms with Crippen molar-refractivity contribution in [2.45, 2.75) is 32.4 Å². The number of rotatable bonds is 5. The summed E-state index contributed by atoms with van der Waals surface area (Å²) >= 11 is 0. The van der Waals surface area contributed by atoms with Crippen molar-refractivity contribution in [3.63, 3.8) is 0 Å². The van der Waals surface area contributed by atoms with Gasteiger partial charge in [-0.05, 0) is 19.4 Å². The molecule has 3 N–H and O–H groups in total. The monoisotopic (exact) mass is 242 g/mol. The molecular weight excluding hydrogens is 226 g/mol.